The Balaban J connectivity index is 2.61. The van der Waals surface area contributed by atoms with E-state index in [0.717, 1.165) is 0 Å². The molecule has 2 rings (SSSR count). The van der Waals surface area contributed by atoms with E-state index in [9.17, 15) is 8.42 Å². The number of nitrogen functional groups attached to an aromatic ring is 2. The SMILES string of the molecule is COC(=S)c1cc(S(=O)(=O)c2cc(N)c(N)c(Br)c2)c(C)s1. The molecule has 1 aromatic heterocycles. The van der Waals surface area contributed by atoms with Crippen LogP contribution in [0.15, 0.2) is 32.5 Å². The zero-order valence-corrected chi connectivity index (χ0v) is 15.7. The predicted molar refractivity (Wildman–Crippen MR) is 96.2 cm³/mol. The smallest absolute Gasteiger partial charge is 0.207 e. The van der Waals surface area contributed by atoms with Crippen LogP contribution in [-0.4, -0.2) is 20.6 Å². The molecule has 0 atom stereocenters. The number of halogens is 1. The van der Waals surface area contributed by atoms with Crippen LogP contribution in [0.25, 0.3) is 0 Å². The Morgan fingerprint density at radius 3 is 2.50 bits per heavy atom. The lowest BCUT2D eigenvalue weighted by molar-refractivity contribution is 0.417. The third-order valence-electron chi connectivity index (χ3n) is 2.99. The van der Waals surface area contributed by atoms with Gasteiger partial charge in [-0.25, -0.2) is 8.42 Å². The van der Waals surface area contributed by atoms with Gasteiger partial charge in [-0.1, -0.05) is 0 Å². The number of nitrogens with two attached hydrogens (primary N) is 2. The zero-order valence-electron chi connectivity index (χ0n) is 11.7. The Hall–Kier alpha value is -1.16. The van der Waals surface area contributed by atoms with Crippen molar-refractivity contribution in [2.24, 2.45) is 0 Å². The second kappa shape index (κ2) is 6.15. The Bertz CT molecular complexity index is 836. The number of methoxy groups -OCH3 is 1. The van der Waals surface area contributed by atoms with Crippen molar-refractivity contribution in [3.63, 3.8) is 0 Å². The average molecular weight is 421 g/mol. The summed E-state index contributed by atoms with van der Waals surface area (Å²) in [6, 6.07) is 4.30. The van der Waals surface area contributed by atoms with E-state index in [-0.39, 0.29) is 20.5 Å². The summed E-state index contributed by atoms with van der Waals surface area (Å²) in [6.07, 6.45) is 0. The molecule has 0 aliphatic heterocycles. The molecule has 0 fully saturated rings. The van der Waals surface area contributed by atoms with Crippen LogP contribution in [0.1, 0.15) is 9.75 Å². The minimum atomic E-state index is -3.72. The van der Waals surface area contributed by atoms with Crippen molar-refractivity contribution in [2.75, 3.05) is 18.6 Å². The highest BCUT2D eigenvalue weighted by Gasteiger charge is 2.25. The van der Waals surface area contributed by atoms with Crippen LogP contribution in [0.2, 0.25) is 0 Å². The van der Waals surface area contributed by atoms with Crippen molar-refractivity contribution in [3.8, 4) is 0 Å². The van der Waals surface area contributed by atoms with Gasteiger partial charge in [-0.2, -0.15) is 0 Å². The first-order chi connectivity index (χ1) is 10.2. The molecule has 9 heteroatoms. The Morgan fingerprint density at radius 2 is 1.95 bits per heavy atom. The molecule has 0 saturated carbocycles. The highest BCUT2D eigenvalue weighted by atomic mass is 79.9. The van der Waals surface area contributed by atoms with Gasteiger partial charge in [-0.15, -0.1) is 11.3 Å². The maximum Gasteiger partial charge on any atom is 0.207 e. The molecule has 0 aliphatic carbocycles. The van der Waals surface area contributed by atoms with Crippen LogP contribution < -0.4 is 11.5 Å². The first kappa shape index (κ1) is 17.2. The summed E-state index contributed by atoms with van der Waals surface area (Å²) in [6.45, 7) is 1.72. The molecule has 0 amide bonds. The number of hydrogen-bond acceptors (Lipinski definition) is 7. The Kier molecular flexibility index (Phi) is 4.81. The lowest BCUT2D eigenvalue weighted by Gasteiger charge is -2.08. The molecule has 1 heterocycles. The molecule has 22 heavy (non-hydrogen) atoms. The van der Waals surface area contributed by atoms with E-state index >= 15 is 0 Å². The molecule has 4 N–H and O–H groups in total. The summed E-state index contributed by atoms with van der Waals surface area (Å²) < 4.78 is 31.0. The van der Waals surface area contributed by atoms with E-state index in [1.807, 2.05) is 0 Å². The first-order valence-electron chi connectivity index (χ1n) is 5.96. The lowest BCUT2D eigenvalue weighted by atomic mass is 10.3. The fourth-order valence-electron chi connectivity index (χ4n) is 1.83. The van der Waals surface area contributed by atoms with E-state index in [1.165, 1.54) is 36.6 Å². The van der Waals surface area contributed by atoms with Crippen LogP contribution in [0, 0.1) is 6.92 Å². The van der Waals surface area contributed by atoms with Crippen LogP contribution in [0.3, 0.4) is 0 Å². The van der Waals surface area contributed by atoms with Crippen molar-refractivity contribution in [2.45, 2.75) is 16.7 Å². The predicted octanol–water partition coefficient (Wildman–Crippen LogP) is 3.14. The molecule has 0 bridgehead atoms. The summed E-state index contributed by atoms with van der Waals surface area (Å²) in [5, 5.41) is 0.257. The third kappa shape index (κ3) is 2.98. The monoisotopic (exact) mass is 420 g/mol. The number of anilines is 2. The number of hydrogen-bond donors (Lipinski definition) is 2. The van der Waals surface area contributed by atoms with Gasteiger partial charge in [-0.3, -0.25) is 0 Å². The molecule has 118 valence electrons. The molecule has 0 radical (unpaired) electrons. The molecule has 5 nitrogen and oxygen atoms in total. The molecule has 0 saturated heterocycles. The van der Waals surface area contributed by atoms with E-state index in [4.69, 9.17) is 28.4 Å². The van der Waals surface area contributed by atoms with Crippen LogP contribution >= 0.6 is 39.5 Å². The minimum Gasteiger partial charge on any atom is -0.486 e. The van der Waals surface area contributed by atoms with Crippen molar-refractivity contribution < 1.29 is 13.2 Å². The second-order valence-electron chi connectivity index (χ2n) is 4.43. The van der Waals surface area contributed by atoms with Gasteiger partial charge in [0.2, 0.25) is 14.9 Å². The molecular weight excluding hydrogens is 408 g/mol. The van der Waals surface area contributed by atoms with E-state index in [0.29, 0.717) is 19.9 Å². The normalized spacial score (nSPS) is 11.4. The number of sulfone groups is 1. The number of aryl methyl sites for hydroxylation is 1. The lowest BCUT2D eigenvalue weighted by Crippen LogP contribution is -2.05. The van der Waals surface area contributed by atoms with E-state index < -0.39 is 9.84 Å². The number of thiocarbonyl (C=S) groups is 1. The number of rotatable bonds is 3. The Morgan fingerprint density at radius 1 is 1.32 bits per heavy atom. The van der Waals surface area contributed by atoms with E-state index in [2.05, 4.69) is 15.9 Å². The van der Waals surface area contributed by atoms with Crippen LogP contribution in [-0.2, 0) is 14.6 Å². The fraction of sp³-hybridized carbons (Fsp3) is 0.154. The highest BCUT2D eigenvalue weighted by molar-refractivity contribution is 9.10. The van der Waals surface area contributed by atoms with Crippen LogP contribution in [0.4, 0.5) is 11.4 Å². The number of ether oxygens (including phenoxy) is 1. The molecule has 1 aromatic carbocycles. The summed E-state index contributed by atoms with van der Waals surface area (Å²) in [5.74, 6) is 0. The van der Waals surface area contributed by atoms with Gasteiger partial charge >= 0.3 is 0 Å². The maximum absolute atomic E-state index is 12.8. The highest BCUT2D eigenvalue weighted by Crippen LogP contribution is 2.35. The molecular formula is C13H13BrN2O3S3. The van der Waals surface area contributed by atoms with Crippen molar-refractivity contribution >= 4 is 65.7 Å². The van der Waals surface area contributed by atoms with Gasteiger partial charge in [0, 0.05) is 9.35 Å². The first-order valence-corrected chi connectivity index (χ1v) is 9.47. The minimum absolute atomic E-state index is 0.0712. The fourth-order valence-corrected chi connectivity index (χ4v) is 5.46. The van der Waals surface area contributed by atoms with Crippen LogP contribution in [0.5, 0.6) is 0 Å². The maximum atomic E-state index is 12.8. The van der Waals surface area contributed by atoms with E-state index in [1.54, 1.807) is 6.92 Å². The standard InChI is InChI=1S/C13H13BrN2O3S3/c1-6-11(5-10(21-6)13(20)19-2)22(17,18)7-3-8(14)12(16)9(15)4-7/h3-5H,15-16H2,1-2H3. The zero-order chi connectivity index (χ0) is 16.7. The third-order valence-corrected chi connectivity index (χ3v) is 7.20. The quantitative estimate of drug-likeness (QED) is 0.584. The summed E-state index contributed by atoms with van der Waals surface area (Å²) in [7, 11) is -2.27. The summed E-state index contributed by atoms with van der Waals surface area (Å²) in [5.41, 5.74) is 12.0. The van der Waals surface area contributed by atoms with Gasteiger partial charge in [0.25, 0.3) is 0 Å². The van der Waals surface area contributed by atoms with Gasteiger partial charge in [-0.05, 0) is 53.3 Å². The van der Waals surface area contributed by atoms with Crippen molar-refractivity contribution in [1.29, 1.82) is 0 Å². The number of thiophene rings is 1. The molecule has 0 aliphatic rings. The second-order valence-corrected chi connectivity index (χ2v) is 8.83. The average Bonchev–Trinajstić information content (AvgIpc) is 2.86. The van der Waals surface area contributed by atoms with Gasteiger partial charge in [0.1, 0.15) is 0 Å². The molecule has 0 spiro atoms. The van der Waals surface area contributed by atoms with Gasteiger partial charge in [0.15, 0.2) is 0 Å². The number of benzene rings is 1. The van der Waals surface area contributed by atoms with Crippen molar-refractivity contribution in [1.82, 2.24) is 0 Å². The Labute approximate surface area is 146 Å². The summed E-state index contributed by atoms with van der Waals surface area (Å²) >= 11 is 9.52. The molecule has 0 unspecified atom stereocenters. The van der Waals surface area contributed by atoms with Gasteiger partial charge < -0.3 is 16.2 Å². The largest absolute Gasteiger partial charge is 0.486 e. The van der Waals surface area contributed by atoms with Gasteiger partial charge in [0.05, 0.1) is 33.2 Å². The molecule has 2 aromatic rings. The topological polar surface area (TPSA) is 95.4 Å². The summed E-state index contributed by atoms with van der Waals surface area (Å²) in [4.78, 5) is 1.47. The van der Waals surface area contributed by atoms with Crippen molar-refractivity contribution in [3.05, 3.63) is 32.4 Å².